The van der Waals surface area contributed by atoms with Crippen molar-refractivity contribution in [1.82, 2.24) is 9.97 Å². The quantitative estimate of drug-likeness (QED) is 0.922. The molecule has 2 aliphatic rings. The van der Waals surface area contributed by atoms with Gasteiger partial charge in [-0.05, 0) is 31.7 Å². The van der Waals surface area contributed by atoms with Crippen molar-refractivity contribution < 1.29 is 14.3 Å². The van der Waals surface area contributed by atoms with Crippen LogP contribution in [0.2, 0.25) is 0 Å². The zero-order chi connectivity index (χ0) is 16.4. The molecule has 0 radical (unpaired) electrons. The molecule has 3 heterocycles. The zero-order valence-electron chi connectivity index (χ0n) is 13.3. The molecular formula is C17H19N3O3S. The van der Waals surface area contributed by atoms with Crippen LogP contribution in [0.25, 0.3) is 0 Å². The van der Waals surface area contributed by atoms with Gasteiger partial charge in [0.05, 0.1) is 18.9 Å². The normalized spacial score (nSPS) is 19.8. The average Bonchev–Trinajstić information content (AvgIpc) is 3.24. The van der Waals surface area contributed by atoms with Gasteiger partial charge in [0, 0.05) is 29.1 Å². The summed E-state index contributed by atoms with van der Waals surface area (Å²) in [5.74, 6) is 0.271. The number of ether oxygens (including phenoxy) is 2. The van der Waals surface area contributed by atoms with E-state index in [-0.39, 0.29) is 12.0 Å². The van der Waals surface area contributed by atoms with Crippen molar-refractivity contribution in [1.29, 1.82) is 0 Å². The summed E-state index contributed by atoms with van der Waals surface area (Å²) in [5, 5.41) is 3.57. The molecule has 126 valence electrons. The van der Waals surface area contributed by atoms with Crippen LogP contribution in [0.15, 0.2) is 18.3 Å². The van der Waals surface area contributed by atoms with E-state index in [2.05, 4.69) is 15.3 Å². The summed E-state index contributed by atoms with van der Waals surface area (Å²) in [7, 11) is 0. The summed E-state index contributed by atoms with van der Waals surface area (Å²) in [4.78, 5) is 22.5. The van der Waals surface area contributed by atoms with E-state index in [4.69, 9.17) is 9.47 Å². The fourth-order valence-electron chi connectivity index (χ4n) is 2.97. The fraction of sp³-hybridized carbons (Fsp3) is 0.471. The van der Waals surface area contributed by atoms with E-state index >= 15 is 0 Å². The highest BCUT2D eigenvalue weighted by Gasteiger charge is 2.19. The summed E-state index contributed by atoms with van der Waals surface area (Å²) >= 11 is 1.58. The van der Waals surface area contributed by atoms with Crippen molar-refractivity contribution in [3.8, 4) is 5.88 Å². The third kappa shape index (κ3) is 3.42. The molecule has 2 aromatic heterocycles. The molecule has 0 saturated carbocycles. The van der Waals surface area contributed by atoms with Gasteiger partial charge < -0.3 is 9.47 Å². The lowest BCUT2D eigenvalue weighted by atomic mass is 10.0. The Morgan fingerprint density at radius 1 is 1.38 bits per heavy atom. The molecule has 0 bridgehead atoms. The molecule has 0 aromatic carbocycles. The van der Waals surface area contributed by atoms with Gasteiger partial charge in [-0.25, -0.2) is 9.97 Å². The van der Waals surface area contributed by atoms with Crippen LogP contribution in [0, 0.1) is 0 Å². The maximum Gasteiger partial charge on any atom is 0.257 e. The summed E-state index contributed by atoms with van der Waals surface area (Å²) in [6, 6.07) is 3.35. The van der Waals surface area contributed by atoms with E-state index in [1.54, 1.807) is 29.7 Å². The molecule has 1 aliphatic carbocycles. The van der Waals surface area contributed by atoms with Crippen molar-refractivity contribution in [2.75, 3.05) is 18.5 Å². The molecule has 1 fully saturated rings. The molecule has 0 unspecified atom stereocenters. The predicted octanol–water partition coefficient (Wildman–Crippen LogP) is 2.84. The Bertz CT molecular complexity index is 717. The third-order valence-electron chi connectivity index (χ3n) is 4.24. The van der Waals surface area contributed by atoms with E-state index in [1.807, 2.05) is 0 Å². The highest BCUT2D eigenvalue weighted by molar-refractivity contribution is 7.15. The van der Waals surface area contributed by atoms with Crippen LogP contribution in [-0.4, -0.2) is 35.2 Å². The first-order valence-corrected chi connectivity index (χ1v) is 9.10. The number of anilines is 1. The highest BCUT2D eigenvalue weighted by Crippen LogP contribution is 2.29. The van der Waals surface area contributed by atoms with E-state index < -0.39 is 0 Å². The second kappa shape index (κ2) is 6.86. The van der Waals surface area contributed by atoms with E-state index in [1.165, 1.54) is 17.7 Å². The molecule has 2 aromatic rings. The van der Waals surface area contributed by atoms with Gasteiger partial charge in [-0.2, -0.15) is 0 Å². The van der Waals surface area contributed by atoms with Crippen molar-refractivity contribution in [2.24, 2.45) is 0 Å². The molecule has 0 spiro atoms. The Hall–Kier alpha value is -1.99. The Morgan fingerprint density at radius 3 is 3.12 bits per heavy atom. The number of aromatic nitrogens is 2. The van der Waals surface area contributed by atoms with Crippen LogP contribution < -0.4 is 10.1 Å². The number of nitrogens with one attached hydrogen (secondary N) is 1. The topological polar surface area (TPSA) is 73.3 Å². The second-order valence-corrected chi connectivity index (χ2v) is 7.12. The lowest BCUT2D eigenvalue weighted by Gasteiger charge is -2.11. The van der Waals surface area contributed by atoms with Crippen molar-refractivity contribution in [3.05, 3.63) is 34.5 Å². The average molecular weight is 345 g/mol. The first-order chi connectivity index (χ1) is 11.8. The minimum absolute atomic E-state index is 0.0153. The lowest BCUT2D eigenvalue weighted by Crippen LogP contribution is -2.17. The van der Waals surface area contributed by atoms with E-state index in [0.717, 1.165) is 25.0 Å². The SMILES string of the molecule is O=C(Nc1nc2c(s1)CCCC2)c1ccnc(O[C@H]2CCOC2)c1. The Morgan fingerprint density at radius 2 is 2.29 bits per heavy atom. The lowest BCUT2D eigenvalue weighted by molar-refractivity contribution is 0.102. The van der Waals surface area contributed by atoms with Crippen molar-refractivity contribution in [3.63, 3.8) is 0 Å². The van der Waals surface area contributed by atoms with Gasteiger partial charge in [-0.3, -0.25) is 10.1 Å². The number of carbonyl (C=O) groups excluding carboxylic acids is 1. The molecule has 7 heteroatoms. The number of hydrogen-bond donors (Lipinski definition) is 1. The van der Waals surface area contributed by atoms with E-state index in [9.17, 15) is 4.79 Å². The van der Waals surface area contributed by atoms with Crippen LogP contribution in [0.1, 0.15) is 40.2 Å². The maximum atomic E-state index is 12.5. The molecule has 6 nitrogen and oxygen atoms in total. The number of thiazole rings is 1. The fourth-order valence-corrected chi connectivity index (χ4v) is 4.01. The first kappa shape index (κ1) is 15.5. The molecule has 4 rings (SSSR count). The number of carbonyl (C=O) groups is 1. The first-order valence-electron chi connectivity index (χ1n) is 8.28. The van der Waals surface area contributed by atoms with Gasteiger partial charge in [0.1, 0.15) is 6.10 Å². The van der Waals surface area contributed by atoms with Crippen LogP contribution in [0.3, 0.4) is 0 Å². The van der Waals surface area contributed by atoms with Crippen LogP contribution in [-0.2, 0) is 17.6 Å². The number of hydrogen-bond acceptors (Lipinski definition) is 6. The third-order valence-corrected chi connectivity index (χ3v) is 5.31. The van der Waals surface area contributed by atoms with Crippen molar-refractivity contribution in [2.45, 2.75) is 38.2 Å². The smallest absolute Gasteiger partial charge is 0.257 e. The maximum absolute atomic E-state index is 12.5. The minimum atomic E-state index is -0.184. The number of aryl methyl sites for hydroxylation is 2. The van der Waals surface area contributed by atoms with Crippen molar-refractivity contribution >= 4 is 22.4 Å². The highest BCUT2D eigenvalue weighted by atomic mass is 32.1. The van der Waals surface area contributed by atoms with Gasteiger partial charge in [0.25, 0.3) is 5.91 Å². The van der Waals surface area contributed by atoms with Crippen LogP contribution in [0.5, 0.6) is 5.88 Å². The van der Waals surface area contributed by atoms with Crippen LogP contribution in [0.4, 0.5) is 5.13 Å². The zero-order valence-corrected chi connectivity index (χ0v) is 14.1. The monoisotopic (exact) mass is 345 g/mol. The molecular weight excluding hydrogens is 326 g/mol. The second-order valence-electron chi connectivity index (χ2n) is 6.04. The number of amides is 1. The molecule has 1 atom stereocenters. The molecule has 1 N–H and O–H groups in total. The van der Waals surface area contributed by atoms with E-state index in [0.29, 0.717) is 29.8 Å². The predicted molar refractivity (Wildman–Crippen MR) is 90.8 cm³/mol. The minimum Gasteiger partial charge on any atom is -0.472 e. The molecule has 1 saturated heterocycles. The van der Waals surface area contributed by atoms with Gasteiger partial charge in [0.15, 0.2) is 5.13 Å². The molecule has 24 heavy (non-hydrogen) atoms. The number of pyridine rings is 1. The standard InChI is InChI=1S/C17H19N3O3S/c21-16(20-17-19-13-3-1-2-4-14(13)24-17)11-5-7-18-15(9-11)23-12-6-8-22-10-12/h5,7,9,12H,1-4,6,8,10H2,(H,19,20,21)/t12-/m0/s1. The Kier molecular flexibility index (Phi) is 4.44. The van der Waals surface area contributed by atoms with Crippen LogP contribution >= 0.6 is 11.3 Å². The summed E-state index contributed by atoms with van der Waals surface area (Å²) in [6.45, 7) is 1.28. The van der Waals surface area contributed by atoms with Gasteiger partial charge in [-0.15, -0.1) is 11.3 Å². The Labute approximate surface area is 144 Å². The van der Waals surface area contributed by atoms with Gasteiger partial charge in [0.2, 0.25) is 5.88 Å². The number of fused-ring (bicyclic) bond motifs is 1. The Balaban J connectivity index is 1.44. The van der Waals surface area contributed by atoms with Gasteiger partial charge in [-0.1, -0.05) is 0 Å². The summed E-state index contributed by atoms with van der Waals surface area (Å²) in [6.07, 6.45) is 6.92. The summed E-state index contributed by atoms with van der Waals surface area (Å²) < 4.78 is 11.0. The molecule has 1 amide bonds. The summed E-state index contributed by atoms with van der Waals surface area (Å²) in [5.41, 5.74) is 1.66. The largest absolute Gasteiger partial charge is 0.472 e. The molecule has 1 aliphatic heterocycles. The number of nitrogens with zero attached hydrogens (tertiary/aromatic N) is 2. The van der Waals surface area contributed by atoms with Gasteiger partial charge >= 0.3 is 0 Å². The number of rotatable bonds is 4.